The lowest BCUT2D eigenvalue weighted by Gasteiger charge is -2.11. The summed E-state index contributed by atoms with van der Waals surface area (Å²) < 4.78 is 5.27. The van der Waals surface area contributed by atoms with Crippen molar-refractivity contribution in [1.82, 2.24) is 4.98 Å². The first-order valence-electron chi connectivity index (χ1n) is 5.64. The predicted octanol–water partition coefficient (Wildman–Crippen LogP) is 1.52. The maximum Gasteiger partial charge on any atom is 0.141 e. The van der Waals surface area contributed by atoms with Crippen LogP contribution in [0.25, 0.3) is 0 Å². The van der Waals surface area contributed by atoms with Gasteiger partial charge in [-0.3, -0.25) is 4.98 Å². The van der Waals surface area contributed by atoms with E-state index in [1.54, 1.807) is 13.1 Å². The van der Waals surface area contributed by atoms with E-state index in [1.165, 1.54) is 0 Å². The molecule has 0 aromatic carbocycles. The zero-order chi connectivity index (χ0) is 12.0. The van der Waals surface area contributed by atoms with Crippen LogP contribution < -0.4 is 5.73 Å². The van der Waals surface area contributed by atoms with Crippen molar-refractivity contribution in [2.24, 2.45) is 5.73 Å². The number of hydrogen-bond donors (Lipinski definition) is 2. The first-order valence-corrected chi connectivity index (χ1v) is 5.64. The van der Waals surface area contributed by atoms with E-state index < -0.39 is 0 Å². The summed E-state index contributed by atoms with van der Waals surface area (Å²) >= 11 is 0. The second kappa shape index (κ2) is 6.45. The van der Waals surface area contributed by atoms with Crippen LogP contribution in [0.5, 0.6) is 5.75 Å². The molecule has 0 atom stereocenters. The number of ether oxygens (including phenoxy) is 1. The number of nitrogens with two attached hydrogens (primary N) is 1. The van der Waals surface area contributed by atoms with Crippen LogP contribution in [0.1, 0.15) is 30.2 Å². The van der Waals surface area contributed by atoms with Crippen molar-refractivity contribution in [2.45, 2.75) is 33.2 Å². The van der Waals surface area contributed by atoms with E-state index in [-0.39, 0.29) is 5.75 Å². The van der Waals surface area contributed by atoms with Gasteiger partial charge >= 0.3 is 0 Å². The molecule has 0 amide bonds. The van der Waals surface area contributed by atoms with Gasteiger partial charge in [0.15, 0.2) is 0 Å². The summed E-state index contributed by atoms with van der Waals surface area (Å²) in [7, 11) is 0. The van der Waals surface area contributed by atoms with Crippen LogP contribution in [0.15, 0.2) is 6.20 Å². The Hall–Kier alpha value is -1.13. The molecule has 0 radical (unpaired) electrons. The molecule has 0 spiro atoms. The van der Waals surface area contributed by atoms with Crippen molar-refractivity contribution < 1.29 is 9.84 Å². The quantitative estimate of drug-likeness (QED) is 0.719. The molecule has 0 aliphatic carbocycles. The molecule has 0 fully saturated rings. The van der Waals surface area contributed by atoms with Gasteiger partial charge in [0.05, 0.1) is 5.69 Å². The maximum atomic E-state index is 9.81. The summed E-state index contributed by atoms with van der Waals surface area (Å²) in [5.41, 5.74) is 8.09. The fourth-order valence-electron chi connectivity index (χ4n) is 1.64. The Morgan fingerprint density at radius 1 is 1.50 bits per heavy atom. The van der Waals surface area contributed by atoms with E-state index in [4.69, 9.17) is 10.5 Å². The lowest BCUT2D eigenvalue weighted by atomic mass is 10.0. The van der Waals surface area contributed by atoms with Gasteiger partial charge in [-0.2, -0.15) is 0 Å². The summed E-state index contributed by atoms with van der Waals surface area (Å²) in [6, 6.07) is 0. The van der Waals surface area contributed by atoms with Crippen molar-refractivity contribution in [1.29, 1.82) is 0 Å². The highest BCUT2D eigenvalue weighted by Gasteiger charge is 2.09. The fraction of sp³-hybridized carbons (Fsp3) is 0.583. The molecule has 0 saturated heterocycles. The lowest BCUT2D eigenvalue weighted by molar-refractivity contribution is 0.145. The number of aromatic nitrogens is 1. The topological polar surface area (TPSA) is 68.4 Å². The number of hydrogen-bond acceptors (Lipinski definition) is 4. The van der Waals surface area contributed by atoms with Gasteiger partial charge in [0.1, 0.15) is 5.75 Å². The van der Waals surface area contributed by atoms with Gasteiger partial charge in [0.25, 0.3) is 0 Å². The highest BCUT2D eigenvalue weighted by Crippen LogP contribution is 2.23. The first-order chi connectivity index (χ1) is 7.70. The molecule has 1 heterocycles. The van der Waals surface area contributed by atoms with Crippen LogP contribution in [0.4, 0.5) is 0 Å². The van der Waals surface area contributed by atoms with Crippen LogP contribution in [-0.4, -0.2) is 23.3 Å². The van der Waals surface area contributed by atoms with Gasteiger partial charge in [-0.25, -0.2) is 0 Å². The third kappa shape index (κ3) is 3.18. The summed E-state index contributed by atoms with van der Waals surface area (Å²) in [6.07, 6.45) is 3.56. The van der Waals surface area contributed by atoms with Crippen LogP contribution in [0, 0.1) is 6.92 Å². The number of aryl methyl sites for hydroxylation is 2. The number of rotatable bonds is 6. The molecule has 1 aromatic heterocycles. The minimum Gasteiger partial charge on any atom is -0.506 e. The highest BCUT2D eigenvalue weighted by molar-refractivity contribution is 5.40. The van der Waals surface area contributed by atoms with Crippen molar-refractivity contribution in [3.63, 3.8) is 0 Å². The van der Waals surface area contributed by atoms with Gasteiger partial charge in [0.2, 0.25) is 0 Å². The van der Waals surface area contributed by atoms with Crippen LogP contribution in [0.2, 0.25) is 0 Å². The monoisotopic (exact) mass is 224 g/mol. The Bertz CT molecular complexity index is 340. The molecule has 1 aromatic rings. The van der Waals surface area contributed by atoms with Gasteiger partial charge in [0, 0.05) is 31.5 Å². The maximum absolute atomic E-state index is 9.81. The largest absolute Gasteiger partial charge is 0.506 e. The molecule has 0 aliphatic rings. The van der Waals surface area contributed by atoms with E-state index in [2.05, 4.69) is 4.98 Å². The lowest BCUT2D eigenvalue weighted by Crippen LogP contribution is -2.06. The zero-order valence-corrected chi connectivity index (χ0v) is 9.99. The van der Waals surface area contributed by atoms with Crippen LogP contribution >= 0.6 is 0 Å². The number of nitrogens with zero attached hydrogens (tertiary/aromatic N) is 1. The SMILES string of the molecule is CCOCCCc1cnc(C)c(O)c1CN. The third-order valence-corrected chi connectivity index (χ3v) is 2.57. The van der Waals surface area contributed by atoms with Gasteiger partial charge in [-0.05, 0) is 32.3 Å². The second-order valence-corrected chi connectivity index (χ2v) is 3.70. The van der Waals surface area contributed by atoms with Gasteiger partial charge in [-0.1, -0.05) is 0 Å². The van der Waals surface area contributed by atoms with Crippen molar-refractivity contribution in [2.75, 3.05) is 13.2 Å². The van der Waals surface area contributed by atoms with Crippen molar-refractivity contribution >= 4 is 0 Å². The zero-order valence-electron chi connectivity index (χ0n) is 9.99. The standard InChI is InChI=1S/C12H20N2O2/c1-3-16-6-4-5-10-8-14-9(2)12(15)11(10)7-13/h8,15H,3-7,13H2,1-2H3. The molecule has 90 valence electrons. The molecule has 0 aliphatic heterocycles. The molecule has 16 heavy (non-hydrogen) atoms. The van der Waals surface area contributed by atoms with Crippen molar-refractivity contribution in [3.8, 4) is 5.75 Å². The Kier molecular flexibility index (Phi) is 5.22. The van der Waals surface area contributed by atoms with Gasteiger partial charge in [-0.15, -0.1) is 0 Å². The molecule has 4 nitrogen and oxygen atoms in total. The van der Waals surface area contributed by atoms with Crippen molar-refractivity contribution in [3.05, 3.63) is 23.0 Å². The Morgan fingerprint density at radius 2 is 2.25 bits per heavy atom. The Balaban J connectivity index is 2.68. The molecular formula is C12H20N2O2. The summed E-state index contributed by atoms with van der Waals surface area (Å²) in [6.45, 7) is 5.57. The highest BCUT2D eigenvalue weighted by atomic mass is 16.5. The number of aromatic hydroxyl groups is 1. The normalized spacial score (nSPS) is 10.7. The Morgan fingerprint density at radius 3 is 2.88 bits per heavy atom. The van der Waals surface area contributed by atoms with Crippen LogP contribution in [-0.2, 0) is 17.7 Å². The molecule has 0 unspecified atom stereocenters. The summed E-state index contributed by atoms with van der Waals surface area (Å²) in [4.78, 5) is 4.14. The van der Waals surface area contributed by atoms with E-state index in [0.717, 1.165) is 37.2 Å². The second-order valence-electron chi connectivity index (χ2n) is 3.70. The third-order valence-electron chi connectivity index (χ3n) is 2.57. The smallest absolute Gasteiger partial charge is 0.141 e. The molecular weight excluding hydrogens is 204 g/mol. The van der Waals surface area contributed by atoms with Crippen LogP contribution in [0.3, 0.4) is 0 Å². The van der Waals surface area contributed by atoms with E-state index in [9.17, 15) is 5.11 Å². The van der Waals surface area contributed by atoms with E-state index in [1.807, 2.05) is 6.92 Å². The average Bonchev–Trinajstić information content (AvgIpc) is 2.29. The average molecular weight is 224 g/mol. The molecule has 0 saturated carbocycles. The van der Waals surface area contributed by atoms with E-state index in [0.29, 0.717) is 12.2 Å². The number of pyridine rings is 1. The Labute approximate surface area is 96.5 Å². The summed E-state index contributed by atoms with van der Waals surface area (Å²) in [5, 5.41) is 9.81. The molecule has 1 rings (SSSR count). The first kappa shape index (κ1) is 12.9. The molecule has 3 N–H and O–H groups in total. The summed E-state index contributed by atoms with van der Waals surface area (Å²) in [5.74, 6) is 0.233. The minimum absolute atomic E-state index is 0.233. The molecule has 4 heteroatoms. The molecule has 0 bridgehead atoms. The fourth-order valence-corrected chi connectivity index (χ4v) is 1.64. The van der Waals surface area contributed by atoms with E-state index >= 15 is 0 Å². The minimum atomic E-state index is 0.233. The predicted molar refractivity (Wildman–Crippen MR) is 63.3 cm³/mol. The van der Waals surface area contributed by atoms with Gasteiger partial charge < -0.3 is 15.6 Å².